The van der Waals surface area contributed by atoms with Crippen LogP contribution >= 0.6 is 0 Å². The van der Waals surface area contributed by atoms with Crippen molar-refractivity contribution in [1.29, 1.82) is 0 Å². The Labute approximate surface area is 217 Å². The van der Waals surface area contributed by atoms with Gasteiger partial charge in [-0.3, -0.25) is 9.62 Å². The number of anilines is 2. The maximum atomic E-state index is 13.1. The number of carbonyl (C=O) groups is 1. The first kappa shape index (κ1) is 28.0. The summed E-state index contributed by atoms with van der Waals surface area (Å²) in [6.45, 7) is 6.84. The van der Waals surface area contributed by atoms with Gasteiger partial charge in [-0.15, -0.1) is 0 Å². The number of unbranched alkanes of at least 4 members (excludes halogenated alkanes) is 2. The zero-order valence-corrected chi connectivity index (χ0v) is 22.1. The highest BCUT2D eigenvalue weighted by Crippen LogP contribution is 2.27. The molecule has 0 saturated carbocycles. The third-order valence-electron chi connectivity index (χ3n) is 5.40. The van der Waals surface area contributed by atoms with Crippen molar-refractivity contribution < 1.29 is 27.9 Å². The number of hydrogen-bond donors (Lipinski definition) is 3. The standard InChI is InChI=1S/C24H34N6O6S/c1-24(2,3)36-23(31)27-21-17-19(11-12-26-21)30-15-14-29(37(30,33)34)13-5-4-6-16-35-20-9-7-18(8-10-20)22(25)28-32/h7-12,17,32H,4-6,13-16H2,1-3H3,(H2,25,28)(H,26,27,31). The van der Waals surface area contributed by atoms with Crippen molar-refractivity contribution in [2.45, 2.75) is 45.6 Å². The number of pyridine rings is 1. The van der Waals surface area contributed by atoms with Gasteiger partial charge in [0.05, 0.1) is 12.3 Å². The average molecular weight is 535 g/mol. The first-order valence-electron chi connectivity index (χ1n) is 11.9. The van der Waals surface area contributed by atoms with Gasteiger partial charge in [0.1, 0.15) is 17.2 Å². The summed E-state index contributed by atoms with van der Waals surface area (Å²) in [5.74, 6) is 0.911. The number of nitrogens with zero attached hydrogens (tertiary/aromatic N) is 4. The van der Waals surface area contributed by atoms with Crippen molar-refractivity contribution in [2.75, 3.05) is 35.9 Å². The van der Waals surface area contributed by atoms with E-state index in [-0.39, 0.29) is 11.7 Å². The number of nitrogens with two attached hydrogens (primary N) is 1. The SMILES string of the molecule is CC(C)(C)OC(=O)Nc1cc(N2CCN(CCCCCOc3ccc(/C(N)=N/O)cc3)S2(=O)=O)ccn1. The van der Waals surface area contributed by atoms with E-state index in [2.05, 4.69) is 15.5 Å². The number of amides is 1. The van der Waals surface area contributed by atoms with E-state index in [0.717, 1.165) is 12.8 Å². The molecule has 0 aliphatic carbocycles. The van der Waals surface area contributed by atoms with Crippen LogP contribution in [0.2, 0.25) is 0 Å². The van der Waals surface area contributed by atoms with E-state index in [1.165, 1.54) is 20.9 Å². The lowest BCUT2D eigenvalue weighted by Gasteiger charge is -2.21. The van der Waals surface area contributed by atoms with Gasteiger partial charge in [-0.1, -0.05) is 5.16 Å². The normalized spacial score (nSPS) is 16.0. The summed E-state index contributed by atoms with van der Waals surface area (Å²) >= 11 is 0. The predicted octanol–water partition coefficient (Wildman–Crippen LogP) is 3.14. The molecule has 2 heterocycles. The lowest BCUT2D eigenvalue weighted by molar-refractivity contribution is 0.0635. The summed E-state index contributed by atoms with van der Waals surface area (Å²) in [6.07, 6.45) is 3.05. The van der Waals surface area contributed by atoms with E-state index < -0.39 is 21.9 Å². The molecule has 202 valence electrons. The minimum atomic E-state index is -3.68. The number of ether oxygens (including phenoxy) is 2. The summed E-state index contributed by atoms with van der Waals surface area (Å²) in [7, 11) is -3.68. The van der Waals surface area contributed by atoms with Crippen molar-refractivity contribution in [1.82, 2.24) is 9.29 Å². The van der Waals surface area contributed by atoms with Gasteiger partial charge in [-0.2, -0.15) is 12.7 Å². The second kappa shape index (κ2) is 12.1. The van der Waals surface area contributed by atoms with Gasteiger partial charge in [-0.05, 0) is 70.4 Å². The van der Waals surface area contributed by atoms with Crippen LogP contribution in [0, 0.1) is 0 Å². The molecule has 4 N–H and O–H groups in total. The number of rotatable bonds is 10. The molecule has 1 aromatic heterocycles. The van der Waals surface area contributed by atoms with Gasteiger partial charge in [0, 0.05) is 37.5 Å². The Morgan fingerprint density at radius 1 is 1.16 bits per heavy atom. The van der Waals surface area contributed by atoms with Crippen molar-refractivity contribution >= 4 is 33.6 Å². The maximum Gasteiger partial charge on any atom is 0.413 e. The Balaban J connectivity index is 1.44. The number of oxime groups is 1. The molecule has 1 saturated heterocycles. The first-order chi connectivity index (χ1) is 17.5. The molecule has 0 bridgehead atoms. The molecule has 0 radical (unpaired) electrons. The van der Waals surface area contributed by atoms with Crippen molar-refractivity contribution in [3.8, 4) is 5.75 Å². The third kappa shape index (κ3) is 7.95. The van der Waals surface area contributed by atoms with E-state index in [9.17, 15) is 13.2 Å². The lowest BCUT2D eigenvalue weighted by atomic mass is 10.2. The number of benzene rings is 1. The Hall–Kier alpha value is -3.58. The highest BCUT2D eigenvalue weighted by Gasteiger charge is 2.36. The Morgan fingerprint density at radius 2 is 1.89 bits per heavy atom. The smallest absolute Gasteiger partial charge is 0.413 e. The first-order valence-corrected chi connectivity index (χ1v) is 13.3. The monoisotopic (exact) mass is 534 g/mol. The molecule has 37 heavy (non-hydrogen) atoms. The summed E-state index contributed by atoms with van der Waals surface area (Å²) in [5, 5.41) is 14.2. The van der Waals surface area contributed by atoms with Crippen LogP contribution in [0.3, 0.4) is 0 Å². The van der Waals surface area contributed by atoms with Crippen molar-refractivity contribution in [3.63, 3.8) is 0 Å². The number of hydrogen-bond acceptors (Lipinski definition) is 8. The zero-order valence-electron chi connectivity index (χ0n) is 21.3. The molecule has 1 aromatic carbocycles. The lowest BCUT2D eigenvalue weighted by Crippen LogP contribution is -2.33. The van der Waals surface area contributed by atoms with E-state index >= 15 is 0 Å². The minimum absolute atomic E-state index is 0.0313. The molecule has 1 aliphatic heterocycles. The quantitative estimate of drug-likeness (QED) is 0.138. The average Bonchev–Trinajstić information content (AvgIpc) is 3.13. The second-order valence-corrected chi connectivity index (χ2v) is 11.3. The predicted molar refractivity (Wildman–Crippen MR) is 140 cm³/mol. The molecule has 0 unspecified atom stereocenters. The van der Waals surface area contributed by atoms with Gasteiger partial charge in [0.2, 0.25) is 0 Å². The molecule has 12 nitrogen and oxygen atoms in total. The Bertz CT molecular complexity index is 1200. The van der Waals surface area contributed by atoms with Crippen LogP contribution in [0.1, 0.15) is 45.6 Å². The summed E-state index contributed by atoms with van der Waals surface area (Å²) in [5.41, 5.74) is 5.90. The van der Waals surface area contributed by atoms with Crippen LogP contribution in [-0.2, 0) is 14.9 Å². The maximum absolute atomic E-state index is 13.1. The molecule has 1 fully saturated rings. The Morgan fingerprint density at radius 3 is 2.57 bits per heavy atom. The molecule has 2 aromatic rings. The number of amidine groups is 1. The van der Waals surface area contributed by atoms with Crippen LogP contribution in [0.25, 0.3) is 0 Å². The van der Waals surface area contributed by atoms with Crippen molar-refractivity contribution in [2.24, 2.45) is 10.9 Å². The van der Waals surface area contributed by atoms with Gasteiger partial charge in [0.25, 0.3) is 0 Å². The van der Waals surface area contributed by atoms with Crippen LogP contribution < -0.4 is 20.1 Å². The fraction of sp³-hybridized carbons (Fsp3) is 0.458. The molecular formula is C24H34N6O6S. The summed E-state index contributed by atoms with van der Waals surface area (Å²) in [4.78, 5) is 16.1. The highest BCUT2D eigenvalue weighted by atomic mass is 32.2. The van der Waals surface area contributed by atoms with Crippen LogP contribution in [0.4, 0.5) is 16.3 Å². The van der Waals surface area contributed by atoms with E-state index in [1.54, 1.807) is 51.1 Å². The molecule has 1 amide bonds. The third-order valence-corrected chi connectivity index (χ3v) is 7.36. The summed E-state index contributed by atoms with van der Waals surface area (Å²) < 4.78 is 39.9. The van der Waals surface area contributed by atoms with Crippen molar-refractivity contribution in [3.05, 3.63) is 48.2 Å². The number of nitrogens with one attached hydrogen (secondary N) is 1. The molecule has 1 aliphatic rings. The molecule has 0 spiro atoms. The van der Waals surface area contributed by atoms with Gasteiger partial charge >= 0.3 is 16.3 Å². The van der Waals surface area contributed by atoms with Crippen LogP contribution in [0.15, 0.2) is 47.8 Å². The molecule has 13 heteroatoms. The zero-order chi connectivity index (χ0) is 27.1. The number of carbonyl (C=O) groups excluding carboxylic acids is 1. The fourth-order valence-electron chi connectivity index (χ4n) is 3.65. The van der Waals surface area contributed by atoms with Gasteiger partial charge < -0.3 is 20.4 Å². The molecule has 3 rings (SSSR count). The molecular weight excluding hydrogens is 500 g/mol. The number of aromatic nitrogens is 1. The largest absolute Gasteiger partial charge is 0.494 e. The Kier molecular flexibility index (Phi) is 9.16. The van der Waals surface area contributed by atoms with Crippen LogP contribution in [-0.4, -0.2) is 66.7 Å². The minimum Gasteiger partial charge on any atom is -0.494 e. The topological polar surface area (TPSA) is 160 Å². The van der Waals surface area contributed by atoms with E-state index in [4.69, 9.17) is 20.4 Å². The second-order valence-electron chi connectivity index (χ2n) is 9.42. The van der Waals surface area contributed by atoms with E-state index in [1.807, 2.05) is 0 Å². The van der Waals surface area contributed by atoms with E-state index in [0.29, 0.717) is 49.7 Å². The van der Waals surface area contributed by atoms with Gasteiger partial charge in [-0.25, -0.2) is 9.78 Å². The summed E-state index contributed by atoms with van der Waals surface area (Å²) in [6, 6.07) is 10.00. The van der Waals surface area contributed by atoms with Gasteiger partial charge in [0.15, 0.2) is 5.84 Å². The fourth-order valence-corrected chi connectivity index (χ4v) is 5.29. The highest BCUT2D eigenvalue weighted by molar-refractivity contribution is 7.90. The molecule has 0 atom stereocenters. The van der Waals surface area contributed by atoms with Crippen LogP contribution in [0.5, 0.6) is 5.75 Å².